The first-order valence-electron chi connectivity index (χ1n) is 9.20. The summed E-state index contributed by atoms with van der Waals surface area (Å²) < 4.78 is 27.1. The van der Waals surface area contributed by atoms with Gasteiger partial charge in [-0.05, 0) is 40.7 Å². The maximum absolute atomic E-state index is 13.5. The van der Waals surface area contributed by atoms with Crippen molar-refractivity contribution in [2.24, 2.45) is 10.8 Å². The van der Waals surface area contributed by atoms with Crippen molar-refractivity contribution in [2.45, 2.75) is 71.0 Å². The molecule has 2 N–H and O–H groups in total. The number of aliphatic hydroxyl groups excluding tert-OH is 1. The summed E-state index contributed by atoms with van der Waals surface area (Å²) in [4.78, 5) is 0.183. The summed E-state index contributed by atoms with van der Waals surface area (Å²) in [6, 6.07) is 4.48. The van der Waals surface area contributed by atoms with E-state index in [1.54, 1.807) is 18.2 Å². The van der Waals surface area contributed by atoms with Crippen LogP contribution in [0.15, 0.2) is 46.6 Å². The molecule has 0 bridgehead atoms. The van der Waals surface area contributed by atoms with Gasteiger partial charge in [-0.2, -0.15) is 0 Å². The van der Waals surface area contributed by atoms with Crippen LogP contribution in [0, 0.1) is 10.8 Å². The normalized spacial score (nSPS) is 20.8. The monoisotopic (exact) mass is 392 g/mol. The van der Waals surface area contributed by atoms with Gasteiger partial charge in [0.1, 0.15) is 11.5 Å². The van der Waals surface area contributed by atoms with E-state index in [4.69, 9.17) is 0 Å². The molecule has 150 valence electrons. The summed E-state index contributed by atoms with van der Waals surface area (Å²) >= 11 is 0. The summed E-state index contributed by atoms with van der Waals surface area (Å²) in [5, 5.41) is 19.8. The van der Waals surface area contributed by atoms with Gasteiger partial charge >= 0.3 is 0 Å². The smallest absolute Gasteiger partial charge is 0.185 e. The minimum atomic E-state index is -3.73. The molecule has 0 aliphatic heterocycles. The maximum Gasteiger partial charge on any atom is 0.185 e. The Morgan fingerprint density at radius 3 is 2.00 bits per heavy atom. The molecule has 1 aromatic rings. The maximum atomic E-state index is 13.5. The van der Waals surface area contributed by atoms with Gasteiger partial charge in [0.15, 0.2) is 9.84 Å². The molecule has 1 aliphatic rings. The largest absolute Gasteiger partial charge is 0.508 e. The van der Waals surface area contributed by atoms with Crippen LogP contribution >= 0.6 is 0 Å². The molecule has 1 unspecified atom stereocenters. The molecule has 1 aromatic carbocycles. The van der Waals surface area contributed by atoms with E-state index in [0.717, 1.165) is 0 Å². The van der Waals surface area contributed by atoms with Crippen LogP contribution in [0.4, 0.5) is 0 Å². The SMILES string of the molecule is CC(C)(C)C1=CC(S(=O)(=O)c2ccc(O)c(C(C)(C)C)c2)C(C)(C)C=C1O. The number of sulfone groups is 1. The Morgan fingerprint density at radius 1 is 0.963 bits per heavy atom. The van der Waals surface area contributed by atoms with Crippen molar-refractivity contribution >= 4 is 9.84 Å². The number of hydrogen-bond acceptors (Lipinski definition) is 4. The fraction of sp³-hybridized carbons (Fsp3) is 0.545. The van der Waals surface area contributed by atoms with Gasteiger partial charge < -0.3 is 10.2 Å². The highest BCUT2D eigenvalue weighted by Crippen LogP contribution is 2.44. The Morgan fingerprint density at radius 2 is 1.52 bits per heavy atom. The zero-order chi connectivity index (χ0) is 21.0. The lowest BCUT2D eigenvalue weighted by molar-refractivity contribution is 0.343. The number of rotatable bonds is 2. The summed E-state index contributed by atoms with van der Waals surface area (Å²) in [6.45, 7) is 15.3. The number of phenolic OH excluding ortho intramolecular Hbond substituents is 1. The van der Waals surface area contributed by atoms with Crippen LogP contribution in [-0.4, -0.2) is 23.9 Å². The number of aliphatic hydroxyl groups is 1. The van der Waals surface area contributed by atoms with E-state index in [1.807, 2.05) is 55.4 Å². The zero-order valence-corrected chi connectivity index (χ0v) is 18.4. The quantitative estimate of drug-likeness (QED) is 0.717. The minimum Gasteiger partial charge on any atom is -0.508 e. The number of hydrogen-bond donors (Lipinski definition) is 2. The van der Waals surface area contributed by atoms with Crippen LogP contribution in [0.5, 0.6) is 5.75 Å². The Balaban J connectivity index is 2.67. The van der Waals surface area contributed by atoms with Crippen molar-refractivity contribution in [2.75, 3.05) is 0 Å². The van der Waals surface area contributed by atoms with Crippen molar-refractivity contribution in [3.05, 3.63) is 47.2 Å². The van der Waals surface area contributed by atoms with Crippen molar-refractivity contribution in [3.63, 3.8) is 0 Å². The van der Waals surface area contributed by atoms with Crippen molar-refractivity contribution in [1.82, 2.24) is 0 Å². The van der Waals surface area contributed by atoms with Gasteiger partial charge in [0.05, 0.1) is 10.1 Å². The molecule has 0 amide bonds. The molecule has 1 atom stereocenters. The standard InChI is InChI=1S/C22H32O4S/c1-20(2,3)15-11-14(9-10-17(15)23)27(25,26)19-12-16(21(4,5)6)18(24)13-22(19,7)8/h9-13,19,23-24H,1-8H3. The van der Waals surface area contributed by atoms with Gasteiger partial charge in [0.25, 0.3) is 0 Å². The molecule has 0 aromatic heterocycles. The van der Waals surface area contributed by atoms with Crippen LogP contribution in [-0.2, 0) is 15.3 Å². The van der Waals surface area contributed by atoms with Crippen LogP contribution in [0.25, 0.3) is 0 Å². The lowest BCUT2D eigenvalue weighted by atomic mass is 9.75. The molecule has 0 saturated heterocycles. The van der Waals surface area contributed by atoms with E-state index in [9.17, 15) is 18.6 Å². The molecule has 0 saturated carbocycles. The second-order valence-electron chi connectivity index (χ2n) is 10.1. The van der Waals surface area contributed by atoms with Crippen LogP contribution in [0.3, 0.4) is 0 Å². The molecule has 4 nitrogen and oxygen atoms in total. The van der Waals surface area contributed by atoms with Crippen LogP contribution < -0.4 is 0 Å². The number of allylic oxidation sites excluding steroid dienone is 2. The lowest BCUT2D eigenvalue weighted by Gasteiger charge is -2.37. The van der Waals surface area contributed by atoms with E-state index < -0.39 is 20.5 Å². The van der Waals surface area contributed by atoms with Crippen LogP contribution in [0.1, 0.15) is 61.0 Å². The van der Waals surface area contributed by atoms with Crippen molar-refractivity contribution in [3.8, 4) is 5.75 Å². The number of phenols is 1. The van der Waals surface area contributed by atoms with Gasteiger partial charge in [-0.15, -0.1) is 0 Å². The van der Waals surface area contributed by atoms with Gasteiger partial charge in [0.2, 0.25) is 0 Å². The van der Waals surface area contributed by atoms with E-state index >= 15 is 0 Å². The molecule has 27 heavy (non-hydrogen) atoms. The van der Waals surface area contributed by atoms with Gasteiger partial charge in [-0.1, -0.05) is 61.5 Å². The molecule has 0 fully saturated rings. The third-order valence-corrected chi connectivity index (χ3v) is 7.41. The lowest BCUT2D eigenvalue weighted by Crippen LogP contribution is -2.38. The molecular weight excluding hydrogens is 360 g/mol. The van der Waals surface area contributed by atoms with Gasteiger partial charge in [-0.3, -0.25) is 0 Å². The fourth-order valence-electron chi connectivity index (χ4n) is 3.53. The molecule has 2 rings (SSSR count). The molecule has 1 aliphatic carbocycles. The second-order valence-corrected chi connectivity index (χ2v) is 12.1. The highest BCUT2D eigenvalue weighted by atomic mass is 32.2. The Labute approximate surface area is 163 Å². The summed E-state index contributed by atoms with van der Waals surface area (Å²) in [5.41, 5.74) is -0.309. The number of benzene rings is 1. The first kappa shape index (κ1) is 21.5. The number of aromatic hydroxyl groups is 1. The third kappa shape index (κ3) is 4.08. The molecular formula is C22H32O4S. The molecule has 5 heteroatoms. The molecule has 0 spiro atoms. The topological polar surface area (TPSA) is 74.6 Å². The predicted octanol–water partition coefficient (Wildman–Crippen LogP) is 5.29. The Hall–Kier alpha value is -1.75. The van der Waals surface area contributed by atoms with Crippen LogP contribution in [0.2, 0.25) is 0 Å². The molecule has 0 heterocycles. The first-order valence-corrected chi connectivity index (χ1v) is 10.7. The Kier molecular flexibility index (Phi) is 5.11. The second kappa shape index (κ2) is 6.40. The van der Waals surface area contributed by atoms with E-state index in [-0.39, 0.29) is 27.2 Å². The molecule has 0 radical (unpaired) electrons. The zero-order valence-electron chi connectivity index (χ0n) is 17.6. The summed E-state index contributed by atoms with van der Waals surface area (Å²) in [5.74, 6) is 0.229. The third-order valence-electron chi connectivity index (χ3n) is 5.08. The van der Waals surface area contributed by atoms with Gasteiger partial charge in [0, 0.05) is 11.0 Å². The van der Waals surface area contributed by atoms with E-state index in [2.05, 4.69) is 0 Å². The fourth-order valence-corrected chi connectivity index (χ4v) is 5.54. The van der Waals surface area contributed by atoms with E-state index in [0.29, 0.717) is 11.1 Å². The highest BCUT2D eigenvalue weighted by Gasteiger charge is 2.43. The Bertz CT molecular complexity index is 905. The van der Waals surface area contributed by atoms with E-state index in [1.165, 1.54) is 12.1 Å². The van der Waals surface area contributed by atoms with Crippen molar-refractivity contribution in [1.29, 1.82) is 0 Å². The average molecular weight is 393 g/mol. The van der Waals surface area contributed by atoms with Gasteiger partial charge in [-0.25, -0.2) is 8.42 Å². The van der Waals surface area contributed by atoms with Crippen molar-refractivity contribution < 1.29 is 18.6 Å². The highest BCUT2D eigenvalue weighted by molar-refractivity contribution is 7.92. The average Bonchev–Trinajstić information content (AvgIpc) is 2.43. The summed E-state index contributed by atoms with van der Waals surface area (Å²) in [7, 11) is -3.73. The first-order chi connectivity index (χ1) is 12.0. The minimum absolute atomic E-state index is 0.0906. The summed E-state index contributed by atoms with van der Waals surface area (Å²) in [6.07, 6.45) is 3.33. The predicted molar refractivity (Wildman–Crippen MR) is 110 cm³/mol.